The van der Waals surface area contributed by atoms with Crippen LogP contribution in [0.15, 0.2) is 36.4 Å². The fourth-order valence-corrected chi connectivity index (χ4v) is 5.16. The van der Waals surface area contributed by atoms with E-state index < -0.39 is 17.9 Å². The molecule has 0 bridgehead atoms. The number of rotatable bonds is 9. The van der Waals surface area contributed by atoms with Crippen LogP contribution in [0.3, 0.4) is 0 Å². The molecule has 0 radical (unpaired) electrons. The van der Waals surface area contributed by atoms with Crippen molar-refractivity contribution < 1.29 is 33.7 Å². The Morgan fingerprint density at radius 3 is 2.08 bits per heavy atom. The number of hydrogen-bond donors (Lipinski definition) is 1. The topological polar surface area (TPSA) is 86.7 Å². The lowest BCUT2D eigenvalue weighted by Crippen LogP contribution is -2.68. The number of carbonyl (C=O) groups excluding carboxylic acids is 1. The van der Waals surface area contributed by atoms with E-state index in [1.807, 2.05) is 31.2 Å². The standard InChI is InChI=1S/C29H45NO7/c1-20(2)25(32)34-15-23(31)14-33-24-12-10-22(11-13-24)21(3)37-30-27(6,7)16-29(17-28(30,8)9)35-18-26(4,5)19-36-29/h10-13,21,23,31H,1,14-19H2,2-9H3. The van der Waals surface area contributed by atoms with E-state index in [1.165, 1.54) is 0 Å². The summed E-state index contributed by atoms with van der Waals surface area (Å²) in [5, 5.41) is 12.1. The number of aliphatic hydroxyl groups is 1. The van der Waals surface area contributed by atoms with E-state index in [0.29, 0.717) is 31.8 Å². The number of benzene rings is 1. The molecule has 1 spiro atoms. The van der Waals surface area contributed by atoms with Crippen molar-refractivity contribution in [3.05, 3.63) is 42.0 Å². The lowest BCUT2D eigenvalue weighted by Gasteiger charge is -2.59. The van der Waals surface area contributed by atoms with Crippen LogP contribution >= 0.6 is 0 Å². The van der Waals surface area contributed by atoms with E-state index >= 15 is 0 Å². The minimum atomic E-state index is -0.930. The highest BCUT2D eigenvalue weighted by molar-refractivity contribution is 5.86. The lowest BCUT2D eigenvalue weighted by atomic mass is 9.77. The number of carbonyl (C=O) groups is 1. The van der Waals surface area contributed by atoms with Gasteiger partial charge in [-0.15, -0.1) is 0 Å². The first-order valence-corrected chi connectivity index (χ1v) is 13.0. The van der Waals surface area contributed by atoms with Gasteiger partial charge in [-0.3, -0.25) is 4.84 Å². The molecule has 0 amide bonds. The average Bonchev–Trinajstić information content (AvgIpc) is 2.80. The van der Waals surface area contributed by atoms with Crippen molar-refractivity contribution in [3.63, 3.8) is 0 Å². The molecule has 8 nitrogen and oxygen atoms in total. The van der Waals surface area contributed by atoms with Gasteiger partial charge in [0.05, 0.1) is 13.2 Å². The Hall–Kier alpha value is -1.97. The first-order valence-electron chi connectivity index (χ1n) is 13.0. The summed E-state index contributed by atoms with van der Waals surface area (Å²) < 4.78 is 23.3. The predicted molar refractivity (Wildman–Crippen MR) is 141 cm³/mol. The molecule has 0 aromatic heterocycles. The maximum Gasteiger partial charge on any atom is 0.333 e. The maximum atomic E-state index is 11.4. The summed E-state index contributed by atoms with van der Waals surface area (Å²) in [6.45, 7) is 21.3. The van der Waals surface area contributed by atoms with Gasteiger partial charge in [0.15, 0.2) is 5.79 Å². The van der Waals surface area contributed by atoms with Gasteiger partial charge in [0.25, 0.3) is 0 Å². The molecule has 2 fully saturated rings. The first-order chi connectivity index (χ1) is 17.0. The quantitative estimate of drug-likeness (QED) is 0.362. The third-order valence-electron chi connectivity index (χ3n) is 6.77. The van der Waals surface area contributed by atoms with Gasteiger partial charge in [-0.2, -0.15) is 5.06 Å². The second-order valence-electron chi connectivity index (χ2n) is 12.6. The summed E-state index contributed by atoms with van der Waals surface area (Å²) in [5.41, 5.74) is 0.680. The third-order valence-corrected chi connectivity index (χ3v) is 6.77. The highest BCUT2D eigenvalue weighted by Crippen LogP contribution is 2.49. The summed E-state index contributed by atoms with van der Waals surface area (Å²) in [6, 6.07) is 7.59. The molecule has 2 aliphatic rings. The van der Waals surface area contributed by atoms with Crippen LogP contribution in [0.1, 0.15) is 79.9 Å². The zero-order valence-corrected chi connectivity index (χ0v) is 23.8. The normalized spacial score (nSPS) is 23.7. The zero-order chi connectivity index (χ0) is 27.6. The van der Waals surface area contributed by atoms with E-state index in [-0.39, 0.29) is 41.4 Å². The molecule has 8 heteroatoms. The van der Waals surface area contributed by atoms with Crippen molar-refractivity contribution in [2.75, 3.05) is 26.4 Å². The maximum absolute atomic E-state index is 11.4. The molecule has 1 aromatic rings. The van der Waals surface area contributed by atoms with Crippen LogP contribution in [0.5, 0.6) is 5.75 Å². The van der Waals surface area contributed by atoms with E-state index in [2.05, 4.69) is 53.2 Å². The number of esters is 1. The molecular formula is C29H45NO7. The van der Waals surface area contributed by atoms with E-state index in [4.69, 9.17) is 23.8 Å². The molecule has 1 N–H and O–H groups in total. The molecule has 37 heavy (non-hydrogen) atoms. The van der Waals surface area contributed by atoms with Crippen molar-refractivity contribution in [3.8, 4) is 5.75 Å². The van der Waals surface area contributed by atoms with E-state index in [1.54, 1.807) is 6.92 Å². The van der Waals surface area contributed by atoms with Crippen molar-refractivity contribution in [1.29, 1.82) is 0 Å². The first kappa shape index (κ1) is 29.6. The molecule has 0 aliphatic carbocycles. The third kappa shape index (κ3) is 7.54. The molecule has 2 heterocycles. The Morgan fingerprint density at radius 1 is 1.03 bits per heavy atom. The summed E-state index contributed by atoms with van der Waals surface area (Å²) in [6.07, 6.45) is 0.299. The predicted octanol–water partition coefficient (Wildman–Crippen LogP) is 4.96. The van der Waals surface area contributed by atoms with E-state index in [9.17, 15) is 9.90 Å². The molecule has 2 unspecified atom stereocenters. The van der Waals surface area contributed by atoms with Gasteiger partial charge >= 0.3 is 5.97 Å². The van der Waals surface area contributed by atoms with Crippen molar-refractivity contribution in [2.45, 2.75) is 97.3 Å². The van der Waals surface area contributed by atoms with Gasteiger partial charge < -0.3 is 24.1 Å². The molecular weight excluding hydrogens is 474 g/mol. The lowest BCUT2D eigenvalue weighted by molar-refractivity contribution is -0.387. The Balaban J connectivity index is 1.57. The molecule has 1 aromatic carbocycles. The Labute approximate surface area is 221 Å². The van der Waals surface area contributed by atoms with Crippen LogP contribution in [0.25, 0.3) is 0 Å². The zero-order valence-electron chi connectivity index (χ0n) is 23.8. The SMILES string of the molecule is C=C(C)C(=O)OCC(O)COc1ccc(C(C)ON2C(C)(C)CC3(CC2(C)C)OCC(C)(C)CO3)cc1. The smallest absolute Gasteiger partial charge is 0.333 e. The number of ether oxygens (including phenoxy) is 4. The Bertz CT molecular complexity index is 924. The van der Waals surface area contributed by atoms with Gasteiger partial charge in [-0.05, 0) is 59.2 Å². The highest BCUT2D eigenvalue weighted by atomic mass is 16.7. The second kappa shape index (κ2) is 11.0. The Morgan fingerprint density at radius 2 is 1.57 bits per heavy atom. The van der Waals surface area contributed by atoms with Gasteiger partial charge in [-0.1, -0.05) is 32.6 Å². The minimum absolute atomic E-state index is 0.00804. The number of piperidine rings is 1. The minimum Gasteiger partial charge on any atom is -0.491 e. The molecule has 2 atom stereocenters. The largest absolute Gasteiger partial charge is 0.491 e. The monoisotopic (exact) mass is 519 g/mol. The van der Waals surface area contributed by atoms with Crippen LogP contribution in [0, 0.1) is 5.41 Å². The van der Waals surface area contributed by atoms with Crippen molar-refractivity contribution >= 4 is 5.97 Å². The summed E-state index contributed by atoms with van der Waals surface area (Å²) >= 11 is 0. The molecule has 3 rings (SSSR count). The van der Waals surface area contributed by atoms with Gasteiger partial charge in [0, 0.05) is 34.9 Å². The molecule has 2 saturated heterocycles. The number of hydroxylamine groups is 2. The molecule has 2 aliphatic heterocycles. The van der Waals surface area contributed by atoms with Gasteiger partial charge in [-0.25, -0.2) is 4.79 Å². The fraction of sp³-hybridized carbons (Fsp3) is 0.690. The van der Waals surface area contributed by atoms with Crippen molar-refractivity contribution in [1.82, 2.24) is 5.06 Å². The van der Waals surface area contributed by atoms with E-state index in [0.717, 1.165) is 5.56 Å². The Kier molecular flexibility index (Phi) is 8.82. The number of nitrogens with zero attached hydrogens (tertiary/aromatic N) is 1. The van der Waals surface area contributed by atoms with Crippen LogP contribution < -0.4 is 4.74 Å². The van der Waals surface area contributed by atoms with Crippen LogP contribution in [0.2, 0.25) is 0 Å². The fourth-order valence-electron chi connectivity index (χ4n) is 5.16. The van der Waals surface area contributed by atoms with Gasteiger partial charge in [0.2, 0.25) is 0 Å². The second-order valence-corrected chi connectivity index (χ2v) is 12.6. The van der Waals surface area contributed by atoms with Crippen LogP contribution in [-0.4, -0.2) is 65.5 Å². The van der Waals surface area contributed by atoms with Gasteiger partial charge in [0.1, 0.15) is 31.2 Å². The number of aliphatic hydroxyl groups excluding tert-OH is 1. The summed E-state index contributed by atoms with van der Waals surface area (Å²) in [5.74, 6) is -0.524. The summed E-state index contributed by atoms with van der Waals surface area (Å²) in [7, 11) is 0. The highest BCUT2D eigenvalue weighted by Gasteiger charge is 2.57. The van der Waals surface area contributed by atoms with Crippen LogP contribution in [-0.2, 0) is 23.8 Å². The molecule has 0 saturated carbocycles. The average molecular weight is 520 g/mol. The number of hydrogen-bond acceptors (Lipinski definition) is 8. The van der Waals surface area contributed by atoms with Crippen LogP contribution in [0.4, 0.5) is 0 Å². The van der Waals surface area contributed by atoms with Crippen molar-refractivity contribution in [2.24, 2.45) is 5.41 Å². The molecule has 208 valence electrons. The summed E-state index contributed by atoms with van der Waals surface area (Å²) in [4.78, 5) is 18.0.